The summed E-state index contributed by atoms with van der Waals surface area (Å²) in [5.74, 6) is 0.895. The highest BCUT2D eigenvalue weighted by Crippen LogP contribution is 2.28. The second-order valence-electron chi connectivity index (χ2n) is 7.26. The van der Waals surface area contributed by atoms with Crippen LogP contribution in [0.3, 0.4) is 0 Å². The maximum absolute atomic E-state index is 12.7. The number of carbonyl (C=O) groups is 1. The monoisotopic (exact) mass is 370 g/mol. The van der Waals surface area contributed by atoms with Crippen molar-refractivity contribution in [3.63, 3.8) is 0 Å². The average Bonchev–Trinajstić information content (AvgIpc) is 3.05. The third kappa shape index (κ3) is 4.06. The van der Waals surface area contributed by atoms with Crippen LogP contribution in [0.1, 0.15) is 58.6 Å². The normalized spacial score (nSPS) is 18.7. The van der Waals surface area contributed by atoms with E-state index in [2.05, 4.69) is 26.3 Å². The van der Waals surface area contributed by atoms with Gasteiger partial charge in [0.2, 0.25) is 5.95 Å². The molecule has 0 unspecified atom stereocenters. The van der Waals surface area contributed by atoms with Gasteiger partial charge in [-0.25, -0.2) is 9.97 Å². The molecular weight excluding hydrogens is 344 g/mol. The molecule has 0 spiro atoms. The molecule has 1 saturated heterocycles. The van der Waals surface area contributed by atoms with E-state index in [4.69, 9.17) is 0 Å². The van der Waals surface area contributed by atoms with Gasteiger partial charge in [0.1, 0.15) is 0 Å². The van der Waals surface area contributed by atoms with E-state index in [1.54, 1.807) is 23.7 Å². The zero-order chi connectivity index (χ0) is 17.8. The fourth-order valence-corrected chi connectivity index (χ4v) is 5.05. The van der Waals surface area contributed by atoms with Crippen molar-refractivity contribution in [1.82, 2.24) is 15.3 Å². The first-order chi connectivity index (χ1) is 12.8. The van der Waals surface area contributed by atoms with E-state index in [1.807, 2.05) is 6.07 Å². The van der Waals surface area contributed by atoms with E-state index >= 15 is 0 Å². The molecule has 3 heterocycles. The Labute approximate surface area is 158 Å². The molecule has 2 aromatic heterocycles. The molecule has 0 aromatic carbocycles. The highest BCUT2D eigenvalue weighted by molar-refractivity contribution is 7.14. The lowest BCUT2D eigenvalue weighted by Gasteiger charge is -2.32. The fourth-order valence-electron chi connectivity index (χ4n) is 3.89. The SMILES string of the molecule is O=C(NC1CCN(c2ncccn2)CC1)c1cc2c(s1)CCCCCC2. The molecule has 1 aliphatic heterocycles. The summed E-state index contributed by atoms with van der Waals surface area (Å²) in [5, 5.41) is 3.25. The van der Waals surface area contributed by atoms with Crippen LogP contribution in [0.2, 0.25) is 0 Å². The summed E-state index contributed by atoms with van der Waals surface area (Å²) in [7, 11) is 0. The van der Waals surface area contributed by atoms with Crippen molar-refractivity contribution in [1.29, 1.82) is 0 Å². The van der Waals surface area contributed by atoms with Gasteiger partial charge in [-0.1, -0.05) is 12.8 Å². The fraction of sp³-hybridized carbons (Fsp3) is 0.550. The molecule has 0 atom stereocenters. The first-order valence-electron chi connectivity index (χ1n) is 9.74. The highest BCUT2D eigenvalue weighted by Gasteiger charge is 2.23. The summed E-state index contributed by atoms with van der Waals surface area (Å²) in [6.45, 7) is 1.77. The number of aromatic nitrogens is 2. The average molecular weight is 371 g/mol. The number of nitrogens with zero attached hydrogens (tertiary/aromatic N) is 3. The molecule has 4 rings (SSSR count). The van der Waals surface area contributed by atoms with Crippen LogP contribution in [0.15, 0.2) is 24.5 Å². The minimum atomic E-state index is 0.108. The quantitative estimate of drug-likeness (QED) is 0.897. The van der Waals surface area contributed by atoms with Crippen molar-refractivity contribution in [3.8, 4) is 0 Å². The minimum absolute atomic E-state index is 0.108. The van der Waals surface area contributed by atoms with E-state index in [1.165, 1.54) is 36.1 Å². The lowest BCUT2D eigenvalue weighted by molar-refractivity contribution is 0.0935. The van der Waals surface area contributed by atoms with Gasteiger partial charge < -0.3 is 10.2 Å². The van der Waals surface area contributed by atoms with E-state index in [0.717, 1.165) is 49.6 Å². The summed E-state index contributed by atoms with van der Waals surface area (Å²) in [4.78, 5) is 25.9. The molecule has 0 saturated carbocycles. The topological polar surface area (TPSA) is 58.1 Å². The van der Waals surface area contributed by atoms with Gasteiger partial charge in [0.15, 0.2) is 0 Å². The summed E-state index contributed by atoms with van der Waals surface area (Å²) in [5.41, 5.74) is 1.41. The molecule has 1 fully saturated rings. The Balaban J connectivity index is 1.33. The van der Waals surface area contributed by atoms with E-state index < -0.39 is 0 Å². The van der Waals surface area contributed by atoms with Crippen LogP contribution >= 0.6 is 11.3 Å². The Morgan fingerprint density at radius 2 is 1.81 bits per heavy atom. The smallest absolute Gasteiger partial charge is 0.261 e. The van der Waals surface area contributed by atoms with Crippen LogP contribution in [0.4, 0.5) is 5.95 Å². The lowest BCUT2D eigenvalue weighted by atomic mass is 9.99. The van der Waals surface area contributed by atoms with E-state index in [0.29, 0.717) is 0 Å². The van der Waals surface area contributed by atoms with Crippen LogP contribution < -0.4 is 10.2 Å². The molecule has 1 N–H and O–H groups in total. The van der Waals surface area contributed by atoms with Gasteiger partial charge in [-0.2, -0.15) is 0 Å². The Morgan fingerprint density at radius 3 is 2.58 bits per heavy atom. The van der Waals surface area contributed by atoms with Crippen molar-refractivity contribution < 1.29 is 4.79 Å². The number of hydrogen-bond donors (Lipinski definition) is 1. The molecule has 0 bridgehead atoms. The Bertz CT molecular complexity index is 712. The molecule has 26 heavy (non-hydrogen) atoms. The molecule has 6 heteroatoms. The number of nitrogens with one attached hydrogen (secondary N) is 1. The Hall–Kier alpha value is -1.95. The van der Waals surface area contributed by atoms with Crippen molar-refractivity contribution in [2.24, 2.45) is 0 Å². The number of aryl methyl sites for hydroxylation is 2. The van der Waals surface area contributed by atoms with Crippen LogP contribution in [0.25, 0.3) is 0 Å². The minimum Gasteiger partial charge on any atom is -0.348 e. The summed E-state index contributed by atoms with van der Waals surface area (Å²) < 4.78 is 0. The number of hydrogen-bond acceptors (Lipinski definition) is 5. The van der Waals surface area contributed by atoms with Gasteiger partial charge in [-0.3, -0.25) is 4.79 Å². The molecule has 0 radical (unpaired) electrons. The molecule has 1 aliphatic carbocycles. The van der Waals surface area contributed by atoms with Gasteiger partial charge in [-0.05, 0) is 56.2 Å². The summed E-state index contributed by atoms with van der Waals surface area (Å²) in [6.07, 6.45) is 12.9. The van der Waals surface area contributed by atoms with Crippen molar-refractivity contribution in [2.75, 3.05) is 18.0 Å². The zero-order valence-electron chi connectivity index (χ0n) is 15.1. The van der Waals surface area contributed by atoms with Gasteiger partial charge >= 0.3 is 0 Å². The number of rotatable bonds is 3. The standard InChI is InChI=1S/C20H26N4OS/c25-19(18-14-15-6-3-1-2-4-7-17(15)26-18)23-16-8-12-24(13-9-16)20-21-10-5-11-22-20/h5,10-11,14,16H,1-4,6-9,12-13H2,(H,23,25). The van der Waals surface area contributed by atoms with Crippen molar-refractivity contribution in [2.45, 2.75) is 57.4 Å². The molecule has 2 aliphatic rings. The van der Waals surface area contributed by atoms with Crippen LogP contribution in [-0.2, 0) is 12.8 Å². The van der Waals surface area contributed by atoms with Crippen molar-refractivity contribution in [3.05, 3.63) is 39.8 Å². The predicted octanol–water partition coefficient (Wildman–Crippen LogP) is 3.60. The molecule has 1 amide bonds. The molecule has 138 valence electrons. The predicted molar refractivity (Wildman–Crippen MR) is 105 cm³/mol. The number of amides is 1. The van der Waals surface area contributed by atoms with Crippen LogP contribution in [0.5, 0.6) is 0 Å². The van der Waals surface area contributed by atoms with Crippen LogP contribution in [-0.4, -0.2) is 35.0 Å². The Morgan fingerprint density at radius 1 is 1.08 bits per heavy atom. The number of anilines is 1. The second kappa shape index (κ2) is 8.16. The number of fused-ring (bicyclic) bond motifs is 1. The Kier molecular flexibility index (Phi) is 5.48. The lowest BCUT2D eigenvalue weighted by Crippen LogP contribution is -2.45. The van der Waals surface area contributed by atoms with Gasteiger partial charge in [0.05, 0.1) is 4.88 Å². The largest absolute Gasteiger partial charge is 0.348 e. The van der Waals surface area contributed by atoms with E-state index in [9.17, 15) is 4.79 Å². The summed E-state index contributed by atoms with van der Waals surface area (Å²) in [6, 6.07) is 4.22. The van der Waals surface area contributed by atoms with Gasteiger partial charge in [0.25, 0.3) is 5.91 Å². The van der Waals surface area contributed by atoms with Gasteiger partial charge in [-0.15, -0.1) is 11.3 Å². The van der Waals surface area contributed by atoms with E-state index in [-0.39, 0.29) is 11.9 Å². The third-order valence-electron chi connectivity index (χ3n) is 5.39. The maximum atomic E-state index is 12.7. The number of carbonyl (C=O) groups excluding carboxylic acids is 1. The first kappa shape index (κ1) is 17.5. The molecular formula is C20H26N4OS. The highest BCUT2D eigenvalue weighted by atomic mass is 32.1. The number of thiophene rings is 1. The maximum Gasteiger partial charge on any atom is 0.261 e. The number of piperidine rings is 1. The van der Waals surface area contributed by atoms with Crippen molar-refractivity contribution >= 4 is 23.2 Å². The molecule has 5 nitrogen and oxygen atoms in total. The summed E-state index contributed by atoms with van der Waals surface area (Å²) >= 11 is 1.71. The third-order valence-corrected chi connectivity index (χ3v) is 6.62. The molecule has 2 aromatic rings. The van der Waals surface area contributed by atoms with Crippen LogP contribution in [0, 0.1) is 0 Å². The first-order valence-corrected chi connectivity index (χ1v) is 10.6. The van der Waals surface area contributed by atoms with Gasteiger partial charge in [0, 0.05) is 36.4 Å². The second-order valence-corrected chi connectivity index (χ2v) is 8.39. The zero-order valence-corrected chi connectivity index (χ0v) is 15.9.